The van der Waals surface area contributed by atoms with Gasteiger partial charge in [0.05, 0.1) is 20.2 Å². The number of hydrogen-bond donors (Lipinski definition) is 0. The van der Waals surface area contributed by atoms with Crippen molar-refractivity contribution in [3.05, 3.63) is 0 Å². The van der Waals surface area contributed by atoms with Crippen molar-refractivity contribution in [3.63, 3.8) is 0 Å². The van der Waals surface area contributed by atoms with Gasteiger partial charge in [-0.3, -0.25) is 14.5 Å². The van der Waals surface area contributed by atoms with E-state index in [1.807, 2.05) is 9.80 Å². The number of ether oxygens (including phenoxy) is 1. The summed E-state index contributed by atoms with van der Waals surface area (Å²) >= 11 is 0. The van der Waals surface area contributed by atoms with Crippen LogP contribution in [0, 0.1) is 0 Å². The van der Waals surface area contributed by atoms with Crippen molar-refractivity contribution in [2.24, 2.45) is 0 Å². The second kappa shape index (κ2) is 7.75. The van der Waals surface area contributed by atoms with Gasteiger partial charge in [0, 0.05) is 32.2 Å². The molecule has 0 unspecified atom stereocenters. The van der Waals surface area contributed by atoms with E-state index in [0.29, 0.717) is 12.6 Å². The number of carbonyl (C=O) groups excluding carboxylic acids is 2. The molecule has 0 aromatic carbocycles. The molecular weight excluding hydrogens is 270 g/mol. The van der Waals surface area contributed by atoms with E-state index in [1.165, 1.54) is 20.0 Å². The van der Waals surface area contributed by atoms with Gasteiger partial charge in [0.15, 0.2) is 0 Å². The first kappa shape index (κ1) is 16.2. The van der Waals surface area contributed by atoms with Crippen molar-refractivity contribution in [3.8, 4) is 0 Å². The maximum absolute atomic E-state index is 12.5. The number of carbonyl (C=O) groups is 2. The third-order valence-electron chi connectivity index (χ3n) is 4.60. The smallest absolute Gasteiger partial charge is 0.319 e. The average Bonchev–Trinajstić information content (AvgIpc) is 3.01. The zero-order valence-corrected chi connectivity index (χ0v) is 13.2. The van der Waals surface area contributed by atoms with Gasteiger partial charge in [-0.1, -0.05) is 12.8 Å². The Kier molecular flexibility index (Phi) is 5.99. The van der Waals surface area contributed by atoms with Gasteiger partial charge in [0.2, 0.25) is 5.91 Å². The van der Waals surface area contributed by atoms with Gasteiger partial charge < -0.3 is 14.5 Å². The van der Waals surface area contributed by atoms with E-state index >= 15 is 0 Å². The molecule has 1 saturated carbocycles. The molecule has 0 atom stereocenters. The van der Waals surface area contributed by atoms with Crippen LogP contribution in [0.4, 0.5) is 0 Å². The first-order valence-electron chi connectivity index (χ1n) is 7.87. The second-order valence-corrected chi connectivity index (χ2v) is 6.10. The molecule has 21 heavy (non-hydrogen) atoms. The summed E-state index contributed by atoms with van der Waals surface area (Å²) in [4.78, 5) is 30.2. The van der Waals surface area contributed by atoms with Gasteiger partial charge in [0.25, 0.3) is 0 Å². The Bertz CT molecular complexity index is 361. The van der Waals surface area contributed by atoms with Crippen LogP contribution in [0.1, 0.15) is 25.7 Å². The average molecular weight is 297 g/mol. The van der Waals surface area contributed by atoms with Gasteiger partial charge >= 0.3 is 5.97 Å². The van der Waals surface area contributed by atoms with Crippen LogP contribution in [0.25, 0.3) is 0 Å². The number of piperazine rings is 1. The Balaban J connectivity index is 1.90. The summed E-state index contributed by atoms with van der Waals surface area (Å²) in [6, 6.07) is 0.348. The Hall–Kier alpha value is -1.14. The molecule has 120 valence electrons. The van der Waals surface area contributed by atoms with Gasteiger partial charge in [0.1, 0.15) is 0 Å². The van der Waals surface area contributed by atoms with Crippen LogP contribution in [-0.4, -0.2) is 86.0 Å². The molecule has 2 rings (SSSR count). The summed E-state index contributed by atoms with van der Waals surface area (Å²) in [5, 5.41) is 0. The zero-order valence-electron chi connectivity index (χ0n) is 13.2. The molecule has 1 aliphatic heterocycles. The van der Waals surface area contributed by atoms with E-state index in [1.54, 1.807) is 0 Å². The Morgan fingerprint density at radius 1 is 1.10 bits per heavy atom. The number of amides is 1. The van der Waals surface area contributed by atoms with Crippen molar-refractivity contribution < 1.29 is 14.3 Å². The summed E-state index contributed by atoms with van der Waals surface area (Å²) in [5.41, 5.74) is 0. The van der Waals surface area contributed by atoms with Gasteiger partial charge in [-0.2, -0.15) is 0 Å². The van der Waals surface area contributed by atoms with Crippen LogP contribution >= 0.6 is 0 Å². The zero-order chi connectivity index (χ0) is 15.2. The van der Waals surface area contributed by atoms with E-state index in [9.17, 15) is 9.59 Å². The largest absolute Gasteiger partial charge is 0.468 e. The number of hydrogen-bond acceptors (Lipinski definition) is 5. The molecule has 0 aromatic rings. The number of methoxy groups -OCH3 is 1. The normalized spacial score (nSPS) is 21.0. The fourth-order valence-corrected chi connectivity index (χ4v) is 3.14. The van der Waals surface area contributed by atoms with Crippen molar-refractivity contribution in [1.82, 2.24) is 14.7 Å². The minimum Gasteiger partial charge on any atom is -0.468 e. The number of esters is 1. The highest BCUT2D eigenvalue weighted by Gasteiger charge is 2.28. The Morgan fingerprint density at radius 3 is 2.29 bits per heavy atom. The monoisotopic (exact) mass is 297 g/mol. The number of rotatable bonds is 5. The lowest BCUT2D eigenvalue weighted by Crippen LogP contribution is -2.51. The fraction of sp³-hybridized carbons (Fsp3) is 0.867. The minimum atomic E-state index is -0.256. The van der Waals surface area contributed by atoms with Crippen molar-refractivity contribution in [1.29, 1.82) is 0 Å². The van der Waals surface area contributed by atoms with Crippen LogP contribution < -0.4 is 0 Å². The molecule has 6 nitrogen and oxygen atoms in total. The lowest BCUT2D eigenvalue weighted by atomic mass is 10.2. The highest BCUT2D eigenvalue weighted by molar-refractivity contribution is 5.79. The summed E-state index contributed by atoms with van der Waals surface area (Å²) in [7, 11) is 3.47. The molecule has 6 heteroatoms. The minimum absolute atomic E-state index is 0.138. The van der Waals surface area contributed by atoms with Gasteiger partial charge in [-0.05, 0) is 19.9 Å². The van der Waals surface area contributed by atoms with E-state index in [-0.39, 0.29) is 18.4 Å². The molecule has 2 aliphatic rings. The standard InChI is InChI=1S/C15H27N3O3/c1-16-7-9-17(10-8-16)14(19)11-18(12-15(20)21-2)13-5-3-4-6-13/h13H,3-12H2,1-2H3. The third-order valence-corrected chi connectivity index (χ3v) is 4.60. The molecule has 2 fully saturated rings. The van der Waals surface area contributed by atoms with Gasteiger partial charge in [-0.25, -0.2) is 0 Å². The van der Waals surface area contributed by atoms with Crippen LogP contribution in [0.5, 0.6) is 0 Å². The summed E-state index contributed by atoms with van der Waals surface area (Å²) in [6.07, 6.45) is 4.52. The molecule has 1 aliphatic carbocycles. The lowest BCUT2D eigenvalue weighted by molar-refractivity contribution is -0.144. The lowest BCUT2D eigenvalue weighted by Gasteiger charge is -2.35. The van der Waals surface area contributed by atoms with Crippen molar-refractivity contribution in [2.75, 3.05) is 53.4 Å². The summed E-state index contributed by atoms with van der Waals surface area (Å²) < 4.78 is 4.77. The van der Waals surface area contributed by atoms with E-state index < -0.39 is 0 Å². The SMILES string of the molecule is COC(=O)CN(CC(=O)N1CCN(C)CC1)C1CCCC1. The maximum atomic E-state index is 12.5. The highest BCUT2D eigenvalue weighted by atomic mass is 16.5. The number of likely N-dealkylation sites (N-methyl/N-ethyl adjacent to an activating group) is 1. The maximum Gasteiger partial charge on any atom is 0.319 e. The van der Waals surface area contributed by atoms with Crippen LogP contribution in [0.15, 0.2) is 0 Å². The molecule has 1 heterocycles. The molecule has 0 spiro atoms. The van der Waals surface area contributed by atoms with Crippen LogP contribution in [0.3, 0.4) is 0 Å². The quantitative estimate of drug-likeness (QED) is 0.678. The fourth-order valence-electron chi connectivity index (χ4n) is 3.14. The molecule has 0 bridgehead atoms. The van der Waals surface area contributed by atoms with Crippen LogP contribution in [0.2, 0.25) is 0 Å². The first-order chi connectivity index (χ1) is 10.1. The van der Waals surface area contributed by atoms with Crippen LogP contribution in [-0.2, 0) is 14.3 Å². The third kappa shape index (κ3) is 4.68. The van der Waals surface area contributed by atoms with Gasteiger partial charge in [-0.15, -0.1) is 0 Å². The highest BCUT2D eigenvalue weighted by Crippen LogP contribution is 2.23. The first-order valence-corrected chi connectivity index (χ1v) is 7.87. The summed E-state index contributed by atoms with van der Waals surface area (Å²) in [6.45, 7) is 3.97. The molecular formula is C15H27N3O3. The van der Waals surface area contributed by atoms with E-state index in [2.05, 4.69) is 11.9 Å². The molecule has 0 aromatic heterocycles. The molecule has 1 amide bonds. The topological polar surface area (TPSA) is 53.1 Å². The van der Waals surface area contributed by atoms with Crippen molar-refractivity contribution >= 4 is 11.9 Å². The second-order valence-electron chi connectivity index (χ2n) is 6.10. The van der Waals surface area contributed by atoms with E-state index in [0.717, 1.165) is 39.0 Å². The predicted octanol–water partition coefficient (Wildman–Crippen LogP) is 0.178. The summed E-state index contributed by atoms with van der Waals surface area (Å²) in [5.74, 6) is -0.119. The molecule has 0 radical (unpaired) electrons. The van der Waals surface area contributed by atoms with Crippen molar-refractivity contribution in [2.45, 2.75) is 31.7 Å². The molecule has 0 N–H and O–H groups in total. The Morgan fingerprint density at radius 2 is 1.71 bits per heavy atom. The Labute approximate surface area is 127 Å². The number of nitrogens with zero attached hydrogens (tertiary/aromatic N) is 3. The van der Waals surface area contributed by atoms with E-state index in [4.69, 9.17) is 4.74 Å². The molecule has 1 saturated heterocycles. The predicted molar refractivity (Wildman–Crippen MR) is 79.9 cm³/mol.